The van der Waals surface area contributed by atoms with Gasteiger partial charge in [-0.3, -0.25) is 5.32 Å². The molecule has 0 saturated heterocycles. The van der Waals surface area contributed by atoms with E-state index in [1.807, 2.05) is 0 Å². The molecule has 270 valence electrons. The normalized spacial score (nSPS) is 17.5. The molecule has 1 aromatic heterocycles. The molecule has 10 rings (SSSR count). The molecule has 2 aliphatic rings. The maximum absolute atomic E-state index is 4.51. The first kappa shape index (κ1) is 33.7. The number of hydrogen-bond donors (Lipinski definition) is 2. The summed E-state index contributed by atoms with van der Waals surface area (Å²) in [5.74, 6) is 0. The van der Waals surface area contributed by atoms with Crippen LogP contribution in [-0.2, 0) is 0 Å². The average molecular weight is 723 g/mol. The molecule has 0 spiro atoms. The molecule has 4 heteroatoms. The summed E-state index contributed by atoms with van der Waals surface area (Å²) in [4.78, 5) is 2.35. The minimum absolute atomic E-state index is 0.110. The lowest BCUT2D eigenvalue weighted by Gasteiger charge is -2.34. The van der Waals surface area contributed by atoms with Crippen molar-refractivity contribution in [3.05, 3.63) is 223 Å². The molecule has 3 heterocycles. The second-order valence-electron chi connectivity index (χ2n) is 14.7. The van der Waals surface area contributed by atoms with Crippen LogP contribution in [0.15, 0.2) is 201 Å². The largest absolute Gasteiger partial charge is 0.366 e. The average Bonchev–Trinajstić information content (AvgIpc) is 3.60. The highest BCUT2D eigenvalue weighted by molar-refractivity contribution is 6.09. The number of benzene rings is 7. The summed E-state index contributed by atoms with van der Waals surface area (Å²) >= 11 is 0. The number of allylic oxidation sites excluding steroid dienone is 2. The number of hydrogen-bond acceptors (Lipinski definition) is 3. The monoisotopic (exact) mass is 722 g/mol. The highest BCUT2D eigenvalue weighted by atomic mass is 15.2. The van der Waals surface area contributed by atoms with Crippen molar-refractivity contribution in [2.45, 2.75) is 25.0 Å². The van der Waals surface area contributed by atoms with E-state index in [9.17, 15) is 0 Å². The lowest BCUT2D eigenvalue weighted by Crippen LogP contribution is -2.39. The van der Waals surface area contributed by atoms with Gasteiger partial charge in [0.1, 0.15) is 6.17 Å². The zero-order valence-corrected chi connectivity index (χ0v) is 31.1. The summed E-state index contributed by atoms with van der Waals surface area (Å²) in [5.41, 5.74) is 15.1. The summed E-state index contributed by atoms with van der Waals surface area (Å²) < 4.78 is 2.43. The first-order valence-electron chi connectivity index (χ1n) is 19.5. The number of rotatable bonds is 6. The fourth-order valence-corrected chi connectivity index (χ4v) is 8.44. The van der Waals surface area contributed by atoms with Gasteiger partial charge in [0, 0.05) is 39.6 Å². The molecule has 0 bridgehead atoms. The third-order valence-electron chi connectivity index (χ3n) is 11.2. The molecule has 2 aliphatic heterocycles. The van der Waals surface area contributed by atoms with Gasteiger partial charge in [-0.25, -0.2) is 0 Å². The van der Waals surface area contributed by atoms with E-state index in [1.165, 1.54) is 49.6 Å². The van der Waals surface area contributed by atoms with Crippen LogP contribution >= 0.6 is 0 Å². The van der Waals surface area contributed by atoms with Crippen LogP contribution in [0.4, 0.5) is 11.4 Å². The molecule has 7 aromatic carbocycles. The third-order valence-corrected chi connectivity index (χ3v) is 11.2. The van der Waals surface area contributed by atoms with Crippen LogP contribution < -0.4 is 15.5 Å². The van der Waals surface area contributed by atoms with Crippen molar-refractivity contribution in [2.24, 2.45) is 0 Å². The summed E-state index contributed by atoms with van der Waals surface area (Å²) in [7, 11) is 0. The van der Waals surface area contributed by atoms with E-state index in [2.05, 4.69) is 221 Å². The van der Waals surface area contributed by atoms with E-state index in [0.29, 0.717) is 0 Å². The van der Waals surface area contributed by atoms with E-state index in [-0.39, 0.29) is 12.2 Å². The Bertz CT molecular complexity index is 2720. The molecule has 0 amide bonds. The van der Waals surface area contributed by atoms with Gasteiger partial charge < -0.3 is 14.8 Å². The topological polar surface area (TPSA) is 32.2 Å². The van der Waals surface area contributed by atoms with Crippen molar-refractivity contribution in [3.8, 4) is 16.8 Å². The van der Waals surface area contributed by atoms with Gasteiger partial charge in [0.2, 0.25) is 0 Å². The Morgan fingerprint density at radius 2 is 1.16 bits per heavy atom. The molecular weight excluding hydrogens is 681 g/mol. The van der Waals surface area contributed by atoms with Crippen LogP contribution in [-0.4, -0.2) is 4.57 Å². The number of nitrogens with zero attached hydrogens (tertiary/aromatic N) is 2. The lowest BCUT2D eigenvalue weighted by molar-refractivity contribution is 0.442. The molecule has 2 N–H and O–H groups in total. The van der Waals surface area contributed by atoms with Crippen molar-refractivity contribution in [3.63, 3.8) is 0 Å². The quantitative estimate of drug-likeness (QED) is 0.179. The number of fused-ring (bicyclic) bond motifs is 4. The lowest BCUT2D eigenvalue weighted by atomic mass is 9.95. The summed E-state index contributed by atoms with van der Waals surface area (Å²) in [6.45, 7) is 4.51. The maximum atomic E-state index is 4.51. The summed E-state index contributed by atoms with van der Waals surface area (Å²) in [5, 5.41) is 10.3. The molecule has 2 atom stereocenters. The molecule has 0 saturated carbocycles. The number of para-hydroxylation sites is 3. The summed E-state index contributed by atoms with van der Waals surface area (Å²) in [6.07, 6.45) is 8.64. The fourth-order valence-electron chi connectivity index (χ4n) is 8.44. The van der Waals surface area contributed by atoms with E-state index in [1.54, 1.807) is 0 Å². The van der Waals surface area contributed by atoms with E-state index >= 15 is 0 Å². The summed E-state index contributed by atoms with van der Waals surface area (Å²) in [6, 6.07) is 63.3. The van der Waals surface area contributed by atoms with Crippen molar-refractivity contribution < 1.29 is 0 Å². The zero-order chi connectivity index (χ0) is 37.4. The minimum Gasteiger partial charge on any atom is -0.366 e. The smallest absolute Gasteiger partial charge is 0.104 e. The van der Waals surface area contributed by atoms with Gasteiger partial charge >= 0.3 is 0 Å². The Balaban J connectivity index is 1.17. The fraction of sp³-hybridized carbons (Fsp3) is 0.0769. The number of nitrogens with one attached hydrogen (secondary N) is 2. The van der Waals surface area contributed by atoms with Gasteiger partial charge in [0.25, 0.3) is 0 Å². The molecule has 8 aromatic rings. The Morgan fingerprint density at radius 1 is 0.554 bits per heavy atom. The Labute approximate surface area is 328 Å². The van der Waals surface area contributed by atoms with Gasteiger partial charge in [0.05, 0.1) is 22.8 Å². The van der Waals surface area contributed by atoms with Gasteiger partial charge in [-0.15, -0.1) is 0 Å². The second kappa shape index (κ2) is 14.4. The van der Waals surface area contributed by atoms with Crippen LogP contribution in [0.1, 0.15) is 47.3 Å². The van der Waals surface area contributed by atoms with Crippen LogP contribution in [0.2, 0.25) is 0 Å². The Hall–Kier alpha value is -6.88. The first-order chi connectivity index (χ1) is 27.7. The van der Waals surface area contributed by atoms with Crippen LogP contribution in [0.3, 0.4) is 0 Å². The first-order valence-corrected chi connectivity index (χ1v) is 19.5. The highest BCUT2D eigenvalue weighted by Gasteiger charge is 2.26. The molecule has 2 unspecified atom stereocenters. The van der Waals surface area contributed by atoms with E-state index in [0.717, 1.165) is 46.7 Å². The van der Waals surface area contributed by atoms with Gasteiger partial charge in [-0.05, 0) is 88.7 Å². The van der Waals surface area contributed by atoms with E-state index in [4.69, 9.17) is 0 Å². The molecule has 0 radical (unpaired) electrons. The van der Waals surface area contributed by atoms with Gasteiger partial charge in [-0.1, -0.05) is 152 Å². The number of aromatic nitrogens is 1. The molecular formula is C52H42N4. The van der Waals surface area contributed by atoms with Crippen LogP contribution in [0.5, 0.6) is 0 Å². The molecule has 0 fully saturated rings. The van der Waals surface area contributed by atoms with Crippen molar-refractivity contribution in [1.29, 1.82) is 0 Å². The minimum atomic E-state index is -0.110. The molecule has 4 nitrogen and oxygen atoms in total. The van der Waals surface area contributed by atoms with E-state index < -0.39 is 0 Å². The van der Waals surface area contributed by atoms with Crippen molar-refractivity contribution in [1.82, 2.24) is 15.2 Å². The highest BCUT2D eigenvalue weighted by Crippen LogP contribution is 2.41. The van der Waals surface area contributed by atoms with Crippen molar-refractivity contribution >= 4 is 44.5 Å². The standard InChI is InChI=1S/C52H42N4/c1-36-16-14-15-31-55(49-24-11-8-21-44(36)49)42-32-41(33-43(34-42)56-50-25-12-9-22-45(50)46-23-10-13-26-51(46)56)48-35-47(53-52(54-48)40-19-6-3-7-20-40)39-29-27-38(28-30-39)37-17-4-2-5-18-37/h2-13,15,17-35,48,52-54H,1,14,16H2/b31-15-. The number of anilines is 2. The van der Waals surface area contributed by atoms with Crippen LogP contribution in [0.25, 0.3) is 49.9 Å². The zero-order valence-electron chi connectivity index (χ0n) is 31.1. The predicted molar refractivity (Wildman–Crippen MR) is 235 cm³/mol. The predicted octanol–water partition coefficient (Wildman–Crippen LogP) is 12.9. The third kappa shape index (κ3) is 6.20. The van der Waals surface area contributed by atoms with Gasteiger partial charge in [0.15, 0.2) is 0 Å². The maximum Gasteiger partial charge on any atom is 0.104 e. The SMILES string of the molecule is C=C1CC/C=C\N(c2cc(C3C=C(c4ccc(-c5ccccc5)cc4)NC(c4ccccc4)N3)cc(-n3c4ccccc4c4ccccc43)c2)c2ccccc21. The second-order valence-corrected chi connectivity index (χ2v) is 14.7. The Kier molecular flexibility index (Phi) is 8.66. The Morgan fingerprint density at radius 3 is 1.91 bits per heavy atom. The van der Waals surface area contributed by atoms with Crippen LogP contribution in [0, 0.1) is 0 Å². The van der Waals surface area contributed by atoms with Crippen molar-refractivity contribution in [2.75, 3.05) is 4.90 Å². The molecule has 0 aliphatic carbocycles. The van der Waals surface area contributed by atoms with Gasteiger partial charge in [-0.2, -0.15) is 0 Å². The molecule has 56 heavy (non-hydrogen) atoms.